The second-order valence-corrected chi connectivity index (χ2v) is 4.32. The summed E-state index contributed by atoms with van der Waals surface area (Å²) in [6, 6.07) is 0. The minimum absolute atomic E-state index is 0.109. The molecule has 0 unspecified atom stereocenters. The first kappa shape index (κ1) is 9.38. The molecular weight excluding hydrogens is 206 g/mol. The van der Waals surface area contributed by atoms with Crippen molar-refractivity contribution < 1.29 is 0 Å². The standard InChI is InChI=1S/C10H13N5O/c11-10-14-8-7(9(16)15-10)12-6(13-8)4-3-5-1-2-5/h5H,1-4H2,(H4,11,12,13,14,15,16). The number of hydrogen-bond acceptors (Lipinski definition) is 4. The van der Waals surface area contributed by atoms with E-state index in [9.17, 15) is 4.79 Å². The number of aromatic nitrogens is 4. The Hall–Kier alpha value is -1.85. The number of imidazole rings is 1. The number of aromatic amines is 2. The molecule has 6 heteroatoms. The number of nitrogens with one attached hydrogen (secondary N) is 2. The molecule has 0 aliphatic heterocycles. The average Bonchev–Trinajstić information content (AvgIpc) is 2.96. The van der Waals surface area contributed by atoms with E-state index in [4.69, 9.17) is 5.73 Å². The Morgan fingerprint density at radius 3 is 2.88 bits per heavy atom. The molecule has 2 aromatic rings. The normalized spacial score (nSPS) is 15.8. The van der Waals surface area contributed by atoms with E-state index < -0.39 is 0 Å². The number of aryl methyl sites for hydroxylation is 1. The van der Waals surface area contributed by atoms with E-state index in [1.54, 1.807) is 0 Å². The molecule has 1 saturated carbocycles. The number of H-pyrrole nitrogens is 2. The zero-order valence-electron chi connectivity index (χ0n) is 8.79. The Morgan fingerprint density at radius 1 is 1.31 bits per heavy atom. The number of nitrogens with zero attached hydrogens (tertiary/aromatic N) is 2. The summed E-state index contributed by atoms with van der Waals surface area (Å²) in [5.74, 6) is 1.78. The van der Waals surface area contributed by atoms with Crippen molar-refractivity contribution in [3.05, 3.63) is 16.2 Å². The van der Waals surface area contributed by atoms with E-state index in [1.807, 2.05) is 0 Å². The van der Waals surface area contributed by atoms with Gasteiger partial charge in [-0.05, 0) is 12.3 Å². The molecular formula is C10H13N5O. The van der Waals surface area contributed by atoms with Gasteiger partial charge < -0.3 is 10.7 Å². The lowest BCUT2D eigenvalue weighted by molar-refractivity contribution is 0.705. The summed E-state index contributed by atoms with van der Waals surface area (Å²) in [5.41, 5.74) is 6.01. The van der Waals surface area contributed by atoms with Crippen LogP contribution in [0.3, 0.4) is 0 Å². The van der Waals surface area contributed by atoms with Gasteiger partial charge in [0.05, 0.1) is 0 Å². The Morgan fingerprint density at radius 2 is 2.12 bits per heavy atom. The van der Waals surface area contributed by atoms with Gasteiger partial charge >= 0.3 is 0 Å². The molecule has 0 atom stereocenters. The van der Waals surface area contributed by atoms with Crippen LogP contribution in [0.25, 0.3) is 11.2 Å². The van der Waals surface area contributed by atoms with Crippen molar-refractivity contribution in [2.24, 2.45) is 5.92 Å². The molecule has 16 heavy (non-hydrogen) atoms. The fourth-order valence-corrected chi connectivity index (χ4v) is 1.84. The van der Waals surface area contributed by atoms with E-state index >= 15 is 0 Å². The predicted octanol–water partition coefficient (Wildman–Crippen LogP) is 0.571. The van der Waals surface area contributed by atoms with Crippen molar-refractivity contribution in [1.82, 2.24) is 19.9 Å². The van der Waals surface area contributed by atoms with Crippen LogP contribution >= 0.6 is 0 Å². The summed E-state index contributed by atoms with van der Waals surface area (Å²) in [7, 11) is 0. The van der Waals surface area contributed by atoms with E-state index in [0.717, 1.165) is 24.6 Å². The van der Waals surface area contributed by atoms with Crippen molar-refractivity contribution in [2.45, 2.75) is 25.7 Å². The molecule has 84 valence electrons. The Labute approximate surface area is 91.3 Å². The van der Waals surface area contributed by atoms with Crippen LogP contribution in [-0.2, 0) is 6.42 Å². The van der Waals surface area contributed by atoms with Gasteiger partial charge in [0.2, 0.25) is 5.95 Å². The van der Waals surface area contributed by atoms with Crippen LogP contribution in [-0.4, -0.2) is 19.9 Å². The topological polar surface area (TPSA) is 100 Å². The number of hydrogen-bond donors (Lipinski definition) is 3. The van der Waals surface area contributed by atoms with Crippen molar-refractivity contribution >= 4 is 17.1 Å². The molecule has 3 rings (SSSR count). The van der Waals surface area contributed by atoms with Gasteiger partial charge in [-0.3, -0.25) is 9.78 Å². The molecule has 4 N–H and O–H groups in total. The van der Waals surface area contributed by atoms with Gasteiger partial charge in [-0.2, -0.15) is 4.98 Å². The third-order valence-corrected chi connectivity index (χ3v) is 2.92. The van der Waals surface area contributed by atoms with Crippen LogP contribution < -0.4 is 11.3 Å². The molecule has 6 nitrogen and oxygen atoms in total. The number of fused-ring (bicyclic) bond motifs is 1. The summed E-state index contributed by atoms with van der Waals surface area (Å²) >= 11 is 0. The van der Waals surface area contributed by atoms with Crippen LogP contribution in [0, 0.1) is 5.92 Å². The fraction of sp³-hybridized carbons (Fsp3) is 0.500. The maximum atomic E-state index is 11.5. The summed E-state index contributed by atoms with van der Waals surface area (Å²) in [6.07, 6.45) is 4.66. The lowest BCUT2D eigenvalue weighted by Gasteiger charge is -1.92. The smallest absolute Gasteiger partial charge is 0.278 e. The van der Waals surface area contributed by atoms with Crippen molar-refractivity contribution in [1.29, 1.82) is 0 Å². The molecule has 1 aliphatic carbocycles. The van der Waals surface area contributed by atoms with Crippen LogP contribution in [0.4, 0.5) is 5.95 Å². The van der Waals surface area contributed by atoms with E-state index in [-0.39, 0.29) is 11.5 Å². The highest BCUT2D eigenvalue weighted by Crippen LogP contribution is 2.33. The van der Waals surface area contributed by atoms with Crippen LogP contribution in [0.15, 0.2) is 4.79 Å². The summed E-state index contributed by atoms with van der Waals surface area (Å²) in [5, 5.41) is 0. The van der Waals surface area contributed by atoms with Gasteiger partial charge in [-0.25, -0.2) is 4.98 Å². The molecule has 0 amide bonds. The number of rotatable bonds is 3. The van der Waals surface area contributed by atoms with Crippen LogP contribution in [0.2, 0.25) is 0 Å². The Bertz CT molecular complexity index is 580. The lowest BCUT2D eigenvalue weighted by Crippen LogP contribution is -2.10. The molecule has 0 saturated heterocycles. The summed E-state index contributed by atoms with van der Waals surface area (Å²) in [6.45, 7) is 0. The van der Waals surface area contributed by atoms with E-state index in [1.165, 1.54) is 12.8 Å². The minimum atomic E-state index is -0.257. The highest BCUT2D eigenvalue weighted by molar-refractivity contribution is 5.70. The second-order valence-electron chi connectivity index (χ2n) is 4.32. The number of nitrogens with two attached hydrogens (primary N) is 1. The van der Waals surface area contributed by atoms with Crippen molar-refractivity contribution in [3.8, 4) is 0 Å². The zero-order chi connectivity index (χ0) is 11.1. The maximum absolute atomic E-state index is 11.5. The van der Waals surface area contributed by atoms with Gasteiger partial charge in [-0.15, -0.1) is 0 Å². The number of anilines is 1. The Balaban J connectivity index is 1.94. The fourth-order valence-electron chi connectivity index (χ4n) is 1.84. The molecule has 1 aliphatic rings. The van der Waals surface area contributed by atoms with Gasteiger partial charge in [0.15, 0.2) is 11.2 Å². The molecule has 0 bridgehead atoms. The minimum Gasteiger partial charge on any atom is -0.369 e. The zero-order valence-corrected chi connectivity index (χ0v) is 8.79. The van der Waals surface area contributed by atoms with Gasteiger partial charge in [0.1, 0.15) is 5.82 Å². The first-order valence-electron chi connectivity index (χ1n) is 5.47. The third-order valence-electron chi connectivity index (χ3n) is 2.92. The van der Waals surface area contributed by atoms with E-state index in [0.29, 0.717) is 11.2 Å². The second kappa shape index (κ2) is 3.33. The van der Waals surface area contributed by atoms with Crippen LogP contribution in [0.5, 0.6) is 0 Å². The highest BCUT2D eigenvalue weighted by Gasteiger charge is 2.21. The molecule has 2 aromatic heterocycles. The van der Waals surface area contributed by atoms with Crippen molar-refractivity contribution in [2.75, 3.05) is 5.73 Å². The largest absolute Gasteiger partial charge is 0.369 e. The first-order valence-corrected chi connectivity index (χ1v) is 5.47. The molecule has 1 fully saturated rings. The molecule has 2 heterocycles. The molecule has 0 aromatic carbocycles. The summed E-state index contributed by atoms with van der Waals surface area (Å²) in [4.78, 5) is 25.2. The van der Waals surface area contributed by atoms with Crippen molar-refractivity contribution in [3.63, 3.8) is 0 Å². The SMILES string of the molecule is Nc1nc2nc(CCC3CC3)[nH]c2c(=O)[nH]1. The summed E-state index contributed by atoms with van der Waals surface area (Å²) < 4.78 is 0. The highest BCUT2D eigenvalue weighted by atomic mass is 16.1. The first-order chi connectivity index (χ1) is 7.72. The third kappa shape index (κ3) is 1.66. The molecule has 0 spiro atoms. The van der Waals surface area contributed by atoms with Crippen LogP contribution in [0.1, 0.15) is 25.1 Å². The van der Waals surface area contributed by atoms with E-state index in [2.05, 4.69) is 19.9 Å². The quantitative estimate of drug-likeness (QED) is 0.702. The van der Waals surface area contributed by atoms with Gasteiger partial charge in [-0.1, -0.05) is 12.8 Å². The maximum Gasteiger partial charge on any atom is 0.278 e. The monoisotopic (exact) mass is 219 g/mol. The predicted molar refractivity (Wildman–Crippen MR) is 60.0 cm³/mol. The molecule has 0 radical (unpaired) electrons. The average molecular weight is 219 g/mol. The number of nitrogen functional groups attached to an aromatic ring is 1. The van der Waals surface area contributed by atoms with Gasteiger partial charge in [0.25, 0.3) is 5.56 Å². The lowest BCUT2D eigenvalue weighted by atomic mass is 10.2. The van der Waals surface area contributed by atoms with Gasteiger partial charge in [0, 0.05) is 6.42 Å². The Kier molecular flexibility index (Phi) is 1.95.